The van der Waals surface area contributed by atoms with Crippen LogP contribution < -0.4 is 5.32 Å². The molecule has 5 heteroatoms. The lowest BCUT2D eigenvalue weighted by molar-refractivity contribution is -0.117. The summed E-state index contributed by atoms with van der Waals surface area (Å²) >= 11 is 18.8. The van der Waals surface area contributed by atoms with Gasteiger partial charge in [-0.15, -0.1) is 0 Å². The Hall–Kier alpha value is -1.48. The van der Waals surface area contributed by atoms with Crippen LogP contribution in [0.1, 0.15) is 38.3 Å². The Kier molecular flexibility index (Phi) is 7.16. The molecule has 0 aliphatic carbocycles. The molecule has 0 aliphatic heterocycles. The van der Waals surface area contributed by atoms with Crippen molar-refractivity contribution in [2.45, 2.75) is 34.1 Å². The Morgan fingerprint density at radius 2 is 1.69 bits per heavy atom. The van der Waals surface area contributed by atoms with E-state index in [0.29, 0.717) is 27.2 Å². The molecule has 0 bridgehead atoms. The minimum atomic E-state index is -0.0604. The molecular weight excluding hydrogens is 389 g/mol. The quantitative estimate of drug-likeness (QED) is 0.531. The average molecular weight is 411 g/mol. The van der Waals surface area contributed by atoms with E-state index in [1.165, 1.54) is 0 Å². The summed E-state index contributed by atoms with van der Waals surface area (Å²) in [6.07, 6.45) is 0.896. The molecule has 138 valence electrons. The number of amides is 1. The van der Waals surface area contributed by atoms with Gasteiger partial charge in [0.15, 0.2) is 0 Å². The summed E-state index contributed by atoms with van der Waals surface area (Å²) in [5.41, 5.74) is 5.30. The SMILES string of the molecule is CCCNC(=O)/C(C)=C(\C)c1cc(Cl)cc(-c2ccc(Cl)cc2Cl)c1C. The highest BCUT2D eigenvalue weighted by molar-refractivity contribution is 6.36. The normalized spacial score (nSPS) is 12.0. The lowest BCUT2D eigenvalue weighted by atomic mass is 9.91. The van der Waals surface area contributed by atoms with E-state index in [2.05, 4.69) is 5.32 Å². The van der Waals surface area contributed by atoms with Gasteiger partial charge in [0.05, 0.1) is 0 Å². The second-order valence-corrected chi connectivity index (χ2v) is 7.54. The Morgan fingerprint density at radius 3 is 2.31 bits per heavy atom. The van der Waals surface area contributed by atoms with Crippen molar-refractivity contribution in [1.82, 2.24) is 5.32 Å². The van der Waals surface area contributed by atoms with E-state index < -0.39 is 0 Å². The number of hydrogen-bond acceptors (Lipinski definition) is 1. The first-order chi connectivity index (χ1) is 12.3. The van der Waals surface area contributed by atoms with Crippen molar-refractivity contribution in [3.63, 3.8) is 0 Å². The van der Waals surface area contributed by atoms with E-state index >= 15 is 0 Å². The lowest BCUT2D eigenvalue weighted by Crippen LogP contribution is -2.25. The van der Waals surface area contributed by atoms with Gasteiger partial charge in [-0.2, -0.15) is 0 Å². The number of benzene rings is 2. The maximum Gasteiger partial charge on any atom is 0.247 e. The van der Waals surface area contributed by atoms with Gasteiger partial charge in [-0.05, 0) is 73.7 Å². The third kappa shape index (κ3) is 4.62. The van der Waals surface area contributed by atoms with Gasteiger partial charge in [0.1, 0.15) is 0 Å². The van der Waals surface area contributed by atoms with Gasteiger partial charge in [0.25, 0.3) is 0 Å². The molecule has 0 radical (unpaired) electrons. The Morgan fingerprint density at radius 1 is 1.00 bits per heavy atom. The van der Waals surface area contributed by atoms with E-state index in [9.17, 15) is 4.79 Å². The molecule has 1 amide bonds. The number of halogens is 3. The predicted molar refractivity (Wildman–Crippen MR) is 113 cm³/mol. The first-order valence-corrected chi connectivity index (χ1v) is 9.61. The maximum atomic E-state index is 12.3. The van der Waals surface area contributed by atoms with Gasteiger partial charge in [0, 0.05) is 32.7 Å². The summed E-state index contributed by atoms with van der Waals surface area (Å²) in [5, 5.41) is 4.65. The molecule has 0 saturated carbocycles. The third-order valence-corrected chi connectivity index (χ3v) is 5.20. The van der Waals surface area contributed by atoms with Gasteiger partial charge in [-0.1, -0.05) is 47.8 Å². The smallest absolute Gasteiger partial charge is 0.247 e. The molecule has 26 heavy (non-hydrogen) atoms. The number of carbonyl (C=O) groups excluding carboxylic acids is 1. The van der Waals surface area contributed by atoms with Gasteiger partial charge < -0.3 is 5.32 Å². The molecule has 2 nitrogen and oxygen atoms in total. The number of hydrogen-bond donors (Lipinski definition) is 1. The zero-order valence-corrected chi connectivity index (χ0v) is 17.6. The predicted octanol–water partition coefficient (Wildman–Crippen LogP) is 6.94. The van der Waals surface area contributed by atoms with Crippen molar-refractivity contribution in [1.29, 1.82) is 0 Å². The molecule has 0 fully saturated rings. The van der Waals surface area contributed by atoms with Crippen LogP contribution in [-0.4, -0.2) is 12.5 Å². The minimum absolute atomic E-state index is 0.0604. The monoisotopic (exact) mass is 409 g/mol. The summed E-state index contributed by atoms with van der Waals surface area (Å²) < 4.78 is 0. The van der Waals surface area contributed by atoms with Crippen molar-refractivity contribution in [3.05, 3.63) is 62.1 Å². The lowest BCUT2D eigenvalue weighted by Gasteiger charge is -2.16. The summed E-state index contributed by atoms with van der Waals surface area (Å²) in [7, 11) is 0. The van der Waals surface area contributed by atoms with Crippen molar-refractivity contribution in [3.8, 4) is 11.1 Å². The number of rotatable bonds is 5. The Labute approximate surface area is 170 Å². The standard InChI is InChI=1S/C21H22Cl3NO/c1-5-8-25-21(26)13(3)12(2)18-9-16(23)10-19(14(18)4)17-7-6-15(22)11-20(17)24/h6-7,9-11H,5,8H2,1-4H3,(H,25,26)/b13-12+. The molecule has 2 rings (SSSR count). The fourth-order valence-corrected chi connectivity index (χ4v) is 3.53. The van der Waals surface area contributed by atoms with Crippen molar-refractivity contribution in [2.75, 3.05) is 6.54 Å². The van der Waals surface area contributed by atoms with Crippen LogP contribution in [0, 0.1) is 6.92 Å². The fraction of sp³-hybridized carbons (Fsp3) is 0.286. The number of carbonyl (C=O) groups is 1. The van der Waals surface area contributed by atoms with Crippen LogP contribution in [0.2, 0.25) is 15.1 Å². The van der Waals surface area contributed by atoms with E-state index in [1.54, 1.807) is 12.1 Å². The third-order valence-electron chi connectivity index (χ3n) is 4.44. The van der Waals surface area contributed by atoms with E-state index in [1.807, 2.05) is 45.9 Å². The zero-order chi connectivity index (χ0) is 19.4. The number of nitrogens with one attached hydrogen (secondary N) is 1. The molecule has 0 saturated heterocycles. The van der Waals surface area contributed by atoms with Crippen LogP contribution in [0.5, 0.6) is 0 Å². The summed E-state index contributed by atoms with van der Waals surface area (Å²) in [5.74, 6) is -0.0604. The summed E-state index contributed by atoms with van der Waals surface area (Å²) in [6, 6.07) is 9.16. The molecule has 2 aromatic carbocycles. The van der Waals surface area contributed by atoms with Gasteiger partial charge in [0.2, 0.25) is 5.91 Å². The molecule has 1 N–H and O–H groups in total. The maximum absolute atomic E-state index is 12.3. The Bertz CT molecular complexity index is 872. The van der Waals surface area contributed by atoms with Gasteiger partial charge in [-0.3, -0.25) is 4.79 Å². The summed E-state index contributed by atoms with van der Waals surface area (Å²) in [4.78, 5) is 12.3. The minimum Gasteiger partial charge on any atom is -0.352 e. The van der Waals surface area contributed by atoms with Crippen LogP contribution >= 0.6 is 34.8 Å². The molecule has 0 heterocycles. The first kappa shape index (κ1) is 20.8. The van der Waals surface area contributed by atoms with Crippen LogP contribution in [0.15, 0.2) is 35.9 Å². The number of allylic oxidation sites excluding steroid dienone is 1. The average Bonchev–Trinajstić information content (AvgIpc) is 2.60. The van der Waals surface area contributed by atoms with Crippen LogP contribution in [0.4, 0.5) is 0 Å². The molecule has 0 aromatic heterocycles. The zero-order valence-electron chi connectivity index (χ0n) is 15.3. The Balaban J connectivity index is 2.58. The molecule has 0 aliphatic rings. The second-order valence-electron chi connectivity index (χ2n) is 6.26. The van der Waals surface area contributed by atoms with Gasteiger partial charge >= 0.3 is 0 Å². The topological polar surface area (TPSA) is 29.1 Å². The molecule has 0 atom stereocenters. The molecular formula is C21H22Cl3NO. The van der Waals surface area contributed by atoms with Crippen LogP contribution in [-0.2, 0) is 4.79 Å². The van der Waals surface area contributed by atoms with Crippen molar-refractivity contribution >= 4 is 46.3 Å². The van der Waals surface area contributed by atoms with Gasteiger partial charge in [-0.25, -0.2) is 0 Å². The molecule has 0 unspecified atom stereocenters. The molecule has 0 spiro atoms. The fourth-order valence-electron chi connectivity index (χ4n) is 2.80. The highest BCUT2D eigenvalue weighted by atomic mass is 35.5. The van der Waals surface area contributed by atoms with E-state index in [-0.39, 0.29) is 5.91 Å². The summed E-state index contributed by atoms with van der Waals surface area (Å²) in [6.45, 7) is 8.45. The van der Waals surface area contributed by atoms with E-state index in [0.717, 1.165) is 34.2 Å². The highest BCUT2D eigenvalue weighted by Gasteiger charge is 2.16. The second kappa shape index (κ2) is 8.94. The largest absolute Gasteiger partial charge is 0.352 e. The van der Waals surface area contributed by atoms with Crippen molar-refractivity contribution in [2.24, 2.45) is 0 Å². The van der Waals surface area contributed by atoms with Crippen LogP contribution in [0.3, 0.4) is 0 Å². The highest BCUT2D eigenvalue weighted by Crippen LogP contribution is 2.37. The van der Waals surface area contributed by atoms with Crippen LogP contribution in [0.25, 0.3) is 16.7 Å². The van der Waals surface area contributed by atoms with Crippen molar-refractivity contribution < 1.29 is 4.79 Å². The first-order valence-electron chi connectivity index (χ1n) is 8.47. The van der Waals surface area contributed by atoms with E-state index in [4.69, 9.17) is 34.8 Å². The molecule has 2 aromatic rings.